The first-order valence-electron chi connectivity index (χ1n) is 8.39. The molecule has 0 bridgehead atoms. The molecule has 0 radical (unpaired) electrons. The van der Waals surface area contributed by atoms with Crippen LogP contribution in [0.1, 0.15) is 50.7 Å². The molecule has 4 nitrogen and oxygen atoms in total. The van der Waals surface area contributed by atoms with Crippen LogP contribution < -0.4 is 5.32 Å². The van der Waals surface area contributed by atoms with Gasteiger partial charge in [-0.25, -0.2) is 0 Å². The van der Waals surface area contributed by atoms with Crippen LogP contribution in [0.25, 0.3) is 0 Å². The molecule has 21 heavy (non-hydrogen) atoms. The molecule has 1 N–H and O–H groups in total. The molecule has 2 heterocycles. The lowest BCUT2D eigenvalue weighted by Crippen LogP contribution is -2.41. The van der Waals surface area contributed by atoms with Gasteiger partial charge in [0.2, 0.25) is 0 Å². The van der Waals surface area contributed by atoms with Gasteiger partial charge in [0, 0.05) is 31.0 Å². The molecule has 0 spiro atoms. The van der Waals surface area contributed by atoms with Gasteiger partial charge in [-0.05, 0) is 51.5 Å². The molecule has 0 aromatic carbocycles. The number of rotatable bonds is 5. The highest BCUT2D eigenvalue weighted by Gasteiger charge is 2.28. The van der Waals surface area contributed by atoms with Crippen LogP contribution in [0.2, 0.25) is 0 Å². The second kappa shape index (κ2) is 7.23. The number of nitrogens with one attached hydrogen (secondary N) is 1. The molecule has 3 atom stereocenters. The van der Waals surface area contributed by atoms with Crippen LogP contribution in [0.15, 0.2) is 24.5 Å². The van der Waals surface area contributed by atoms with E-state index < -0.39 is 0 Å². The van der Waals surface area contributed by atoms with Crippen LogP contribution >= 0.6 is 0 Å². The highest BCUT2D eigenvalue weighted by Crippen LogP contribution is 2.29. The van der Waals surface area contributed by atoms with Crippen LogP contribution in [-0.4, -0.2) is 29.0 Å². The number of hydrogen-bond acceptors (Lipinski definition) is 3. The van der Waals surface area contributed by atoms with E-state index in [9.17, 15) is 0 Å². The maximum absolute atomic E-state index is 6.04. The van der Waals surface area contributed by atoms with Crippen molar-refractivity contribution in [2.45, 2.75) is 57.7 Å². The molecule has 0 amide bonds. The van der Waals surface area contributed by atoms with Gasteiger partial charge in [-0.1, -0.05) is 12.2 Å². The zero-order valence-electron chi connectivity index (χ0n) is 13.0. The van der Waals surface area contributed by atoms with Crippen molar-refractivity contribution in [3.63, 3.8) is 0 Å². The van der Waals surface area contributed by atoms with Crippen molar-refractivity contribution < 1.29 is 4.74 Å². The van der Waals surface area contributed by atoms with Crippen molar-refractivity contribution in [1.29, 1.82) is 0 Å². The fraction of sp³-hybridized carbons (Fsp3) is 0.706. The van der Waals surface area contributed by atoms with Gasteiger partial charge in [-0.3, -0.25) is 4.68 Å². The second-order valence-corrected chi connectivity index (χ2v) is 6.23. The molecule has 0 saturated carbocycles. The first kappa shape index (κ1) is 14.8. The fourth-order valence-corrected chi connectivity index (χ4v) is 3.38. The molecular weight excluding hydrogens is 262 g/mol. The summed E-state index contributed by atoms with van der Waals surface area (Å²) in [5.74, 6) is 0.788. The number of allylic oxidation sites excluding steroid dienone is 2. The molecule has 0 unspecified atom stereocenters. The van der Waals surface area contributed by atoms with Gasteiger partial charge in [0.25, 0.3) is 0 Å². The van der Waals surface area contributed by atoms with Crippen molar-refractivity contribution in [3.05, 3.63) is 30.1 Å². The highest BCUT2D eigenvalue weighted by atomic mass is 16.5. The Morgan fingerprint density at radius 2 is 2.33 bits per heavy atom. The Kier molecular flexibility index (Phi) is 5.09. The van der Waals surface area contributed by atoms with E-state index in [1.807, 2.05) is 10.9 Å². The molecule has 4 heteroatoms. The van der Waals surface area contributed by atoms with Gasteiger partial charge in [0.1, 0.15) is 6.10 Å². The van der Waals surface area contributed by atoms with Gasteiger partial charge in [-0.15, -0.1) is 0 Å². The summed E-state index contributed by atoms with van der Waals surface area (Å²) in [6, 6.07) is 0.430. The van der Waals surface area contributed by atoms with Gasteiger partial charge >= 0.3 is 0 Å². The second-order valence-electron chi connectivity index (χ2n) is 6.23. The van der Waals surface area contributed by atoms with Crippen molar-refractivity contribution in [2.24, 2.45) is 5.92 Å². The minimum atomic E-state index is 0.165. The predicted octanol–water partition coefficient (Wildman–Crippen LogP) is 3.07. The lowest BCUT2D eigenvalue weighted by atomic mass is 9.92. The maximum atomic E-state index is 6.04. The molecule has 1 aliphatic heterocycles. The largest absolute Gasteiger partial charge is 0.372 e. The first-order chi connectivity index (χ1) is 10.4. The SMILES string of the molecule is CCn1cc([C@H]2OCCC[C@@H]2NC[C@H]2CC=CCC2)cn1. The number of aryl methyl sites for hydroxylation is 1. The van der Waals surface area contributed by atoms with E-state index in [0.29, 0.717) is 6.04 Å². The summed E-state index contributed by atoms with van der Waals surface area (Å²) in [4.78, 5) is 0. The van der Waals surface area contributed by atoms with Gasteiger partial charge in [0.05, 0.1) is 6.20 Å². The summed E-state index contributed by atoms with van der Waals surface area (Å²) in [6.07, 6.45) is 15.0. The third kappa shape index (κ3) is 3.74. The van der Waals surface area contributed by atoms with Gasteiger partial charge < -0.3 is 10.1 Å². The van der Waals surface area contributed by atoms with Gasteiger partial charge in [-0.2, -0.15) is 5.10 Å². The van der Waals surface area contributed by atoms with Crippen molar-refractivity contribution >= 4 is 0 Å². The number of aromatic nitrogens is 2. The van der Waals surface area contributed by atoms with Crippen LogP contribution in [-0.2, 0) is 11.3 Å². The zero-order valence-corrected chi connectivity index (χ0v) is 13.0. The summed E-state index contributed by atoms with van der Waals surface area (Å²) in [6.45, 7) is 5.01. The van der Waals surface area contributed by atoms with E-state index in [-0.39, 0.29) is 6.10 Å². The Morgan fingerprint density at radius 3 is 3.10 bits per heavy atom. The Balaban J connectivity index is 1.59. The average molecular weight is 289 g/mol. The minimum Gasteiger partial charge on any atom is -0.372 e. The summed E-state index contributed by atoms with van der Waals surface area (Å²) in [5, 5.41) is 8.17. The Labute approximate surface area is 127 Å². The van der Waals surface area contributed by atoms with Gasteiger partial charge in [0.15, 0.2) is 0 Å². The molecule has 3 rings (SSSR count). The predicted molar refractivity (Wildman–Crippen MR) is 84.1 cm³/mol. The normalized spacial score (nSPS) is 29.7. The molecule has 1 aromatic rings. The summed E-state index contributed by atoms with van der Waals surface area (Å²) in [5.41, 5.74) is 1.22. The van der Waals surface area contributed by atoms with E-state index >= 15 is 0 Å². The first-order valence-corrected chi connectivity index (χ1v) is 8.39. The molecular formula is C17H27N3O. The Morgan fingerprint density at radius 1 is 1.38 bits per heavy atom. The third-order valence-corrected chi connectivity index (χ3v) is 4.67. The number of hydrogen-bond donors (Lipinski definition) is 1. The van der Waals surface area contributed by atoms with E-state index in [2.05, 4.69) is 35.7 Å². The van der Waals surface area contributed by atoms with Crippen molar-refractivity contribution in [3.8, 4) is 0 Å². The maximum Gasteiger partial charge on any atom is 0.101 e. The molecule has 116 valence electrons. The third-order valence-electron chi connectivity index (χ3n) is 4.67. The molecule has 1 aliphatic carbocycles. The van der Waals surface area contributed by atoms with E-state index in [1.165, 1.54) is 31.2 Å². The highest BCUT2D eigenvalue weighted by molar-refractivity contribution is 5.12. The van der Waals surface area contributed by atoms with E-state index in [1.54, 1.807) is 0 Å². The summed E-state index contributed by atoms with van der Waals surface area (Å²) in [7, 11) is 0. The van der Waals surface area contributed by atoms with Crippen molar-refractivity contribution in [2.75, 3.05) is 13.2 Å². The molecule has 1 aromatic heterocycles. The topological polar surface area (TPSA) is 39.1 Å². The Bertz CT molecular complexity index is 468. The minimum absolute atomic E-state index is 0.165. The summed E-state index contributed by atoms with van der Waals surface area (Å²) < 4.78 is 8.03. The molecule has 1 saturated heterocycles. The fourth-order valence-electron chi connectivity index (χ4n) is 3.38. The number of ether oxygens (including phenoxy) is 1. The van der Waals surface area contributed by atoms with E-state index in [4.69, 9.17) is 4.74 Å². The quantitative estimate of drug-likeness (QED) is 0.847. The van der Waals surface area contributed by atoms with Crippen LogP contribution in [0.4, 0.5) is 0 Å². The smallest absolute Gasteiger partial charge is 0.101 e. The Hall–Kier alpha value is -1.13. The van der Waals surface area contributed by atoms with E-state index in [0.717, 1.165) is 32.0 Å². The van der Waals surface area contributed by atoms with Crippen LogP contribution in [0.3, 0.4) is 0 Å². The zero-order chi connectivity index (χ0) is 14.5. The van der Waals surface area contributed by atoms with Crippen molar-refractivity contribution in [1.82, 2.24) is 15.1 Å². The molecule has 1 fully saturated rings. The average Bonchev–Trinajstić information content (AvgIpc) is 3.03. The standard InChI is InChI=1S/C17H27N3O/c1-2-20-13-15(12-19-20)17-16(9-6-10-21-17)18-11-14-7-4-3-5-8-14/h3-4,12-14,16-18H,2,5-11H2,1H3/t14-,16-,17+/m0/s1. The number of nitrogens with zero attached hydrogens (tertiary/aromatic N) is 2. The van der Waals surface area contributed by atoms with Crippen LogP contribution in [0, 0.1) is 5.92 Å². The lowest BCUT2D eigenvalue weighted by molar-refractivity contribution is -0.0117. The monoisotopic (exact) mass is 289 g/mol. The molecule has 2 aliphatic rings. The lowest BCUT2D eigenvalue weighted by Gasteiger charge is -2.33. The summed E-state index contributed by atoms with van der Waals surface area (Å²) >= 11 is 0. The van der Waals surface area contributed by atoms with Crippen LogP contribution in [0.5, 0.6) is 0 Å².